The lowest BCUT2D eigenvalue weighted by Crippen LogP contribution is -2.61. The Bertz CT molecular complexity index is 6450. The molecule has 0 unspecified atom stereocenters. The number of nitrogens with zero attached hydrogens (tertiary/aromatic N) is 4. The van der Waals surface area contributed by atoms with E-state index in [1.807, 2.05) is 187 Å². The summed E-state index contributed by atoms with van der Waals surface area (Å²) in [6.07, 6.45) is -5.72. The summed E-state index contributed by atoms with van der Waals surface area (Å²) in [5.74, 6) is 0. The van der Waals surface area contributed by atoms with Crippen molar-refractivity contribution in [1.29, 1.82) is 0 Å². The first-order valence-corrected chi connectivity index (χ1v) is 37.1. The molecule has 0 saturated heterocycles. The fourth-order valence-corrected chi connectivity index (χ4v) is 16.2. The summed E-state index contributed by atoms with van der Waals surface area (Å²) in [6, 6.07) is 75.0. The molecule has 106 heavy (non-hydrogen) atoms. The minimum absolute atomic E-state index is 0.155. The van der Waals surface area contributed by atoms with E-state index in [0.717, 1.165) is 78.0 Å². The first-order valence-electron chi connectivity index (χ1n) is 44.1. The van der Waals surface area contributed by atoms with Crippen molar-refractivity contribution in [2.75, 3.05) is 9.80 Å². The van der Waals surface area contributed by atoms with Crippen LogP contribution < -0.4 is 26.2 Å². The molecule has 2 aromatic heterocycles. The second kappa shape index (κ2) is 25.4. The van der Waals surface area contributed by atoms with E-state index in [0.29, 0.717) is 89.0 Å². The van der Waals surface area contributed by atoms with Gasteiger partial charge in [-0.3, -0.25) is 0 Å². The van der Waals surface area contributed by atoms with Crippen molar-refractivity contribution in [3.8, 4) is 55.9 Å². The Balaban J connectivity index is 1.10. The molecule has 0 amide bonds. The van der Waals surface area contributed by atoms with Gasteiger partial charge < -0.3 is 18.9 Å². The average Bonchev–Trinajstić information content (AvgIpc) is 0.712. The minimum Gasteiger partial charge on any atom is -0.310 e. The fourth-order valence-electron chi connectivity index (χ4n) is 16.2. The molecule has 5 heteroatoms. The van der Waals surface area contributed by atoms with Crippen LogP contribution in [-0.4, -0.2) is 15.8 Å². The molecule has 0 saturated carbocycles. The van der Waals surface area contributed by atoms with E-state index in [4.69, 9.17) is 0 Å². The van der Waals surface area contributed by atoms with Gasteiger partial charge in [-0.15, -0.1) is 0 Å². The lowest BCUT2D eigenvalue weighted by atomic mass is 9.33. The van der Waals surface area contributed by atoms with Crippen LogP contribution in [0.3, 0.4) is 0 Å². The van der Waals surface area contributed by atoms with Crippen molar-refractivity contribution in [3.05, 3.63) is 307 Å². The molecule has 13 aromatic carbocycles. The third-order valence-electron chi connectivity index (χ3n) is 20.6. The molecule has 2 aliphatic rings. The van der Waals surface area contributed by atoms with E-state index in [9.17, 15) is 19.2 Å². The van der Waals surface area contributed by atoms with Crippen LogP contribution in [0.4, 0.5) is 34.1 Å². The molecule has 0 atom stereocenters. The summed E-state index contributed by atoms with van der Waals surface area (Å²) >= 11 is 0. The van der Waals surface area contributed by atoms with Crippen molar-refractivity contribution < 1.29 is 19.2 Å². The number of rotatable bonds is 11. The molecule has 0 N–H and O–H groups in total. The van der Waals surface area contributed by atoms with Crippen LogP contribution in [0.5, 0.6) is 0 Å². The second-order valence-electron chi connectivity index (χ2n) is 34.0. The summed E-state index contributed by atoms with van der Waals surface area (Å²) in [5, 5.41) is 1.74. The fraction of sp³-hybridized carbons (Fsp3) is 0.228. The largest absolute Gasteiger partial charge is 0.310 e. The minimum atomic E-state index is -1.92. The van der Waals surface area contributed by atoms with Gasteiger partial charge in [0, 0.05) is 86.1 Å². The van der Waals surface area contributed by atoms with Crippen LogP contribution >= 0.6 is 0 Å². The zero-order valence-corrected chi connectivity index (χ0v) is 63.3. The molecule has 2 aliphatic heterocycles. The number of para-hydroxylation sites is 2. The number of fused-ring (bicyclic) bond motifs is 10. The molecule has 524 valence electrons. The molecule has 0 bridgehead atoms. The van der Waals surface area contributed by atoms with Gasteiger partial charge in [0.1, 0.15) is 0 Å². The lowest BCUT2D eigenvalue weighted by Gasteiger charge is -2.46. The monoisotopic (exact) mass is 1390 g/mol. The number of aromatic nitrogens is 2. The van der Waals surface area contributed by atoms with Crippen molar-refractivity contribution in [3.63, 3.8) is 0 Å². The number of benzene rings is 13. The van der Waals surface area contributed by atoms with Gasteiger partial charge in [-0.2, -0.15) is 0 Å². The number of hydrogen-bond acceptors (Lipinski definition) is 2. The zero-order valence-electron chi connectivity index (χ0n) is 77.3. The topological polar surface area (TPSA) is 16.3 Å². The third kappa shape index (κ3) is 12.2. The summed E-state index contributed by atoms with van der Waals surface area (Å²) in [7, 11) is 0. The molecular weight excluding hydrogens is 1280 g/mol. The van der Waals surface area contributed by atoms with Gasteiger partial charge in [-0.25, -0.2) is 0 Å². The highest BCUT2D eigenvalue weighted by atomic mass is 15.2. The first-order chi connectivity index (χ1) is 56.3. The maximum absolute atomic E-state index is 10.3. The Morgan fingerprint density at radius 1 is 0.311 bits per heavy atom. The van der Waals surface area contributed by atoms with Crippen LogP contribution in [0.15, 0.2) is 279 Å². The van der Waals surface area contributed by atoms with Gasteiger partial charge in [0.05, 0.1) is 44.4 Å². The van der Waals surface area contributed by atoms with Crippen LogP contribution in [-0.2, 0) is 29.9 Å². The van der Waals surface area contributed by atoms with Gasteiger partial charge in [0.25, 0.3) is 6.71 Å². The summed E-state index contributed by atoms with van der Waals surface area (Å²) < 4.78 is 141. The second-order valence-corrected chi connectivity index (χ2v) is 34.0. The summed E-state index contributed by atoms with van der Waals surface area (Å²) in [4.78, 5) is 4.73. The number of anilines is 6. The Hall–Kier alpha value is -10.9. The van der Waals surface area contributed by atoms with Crippen molar-refractivity contribution in [1.82, 2.24) is 9.13 Å². The average molecular weight is 1390 g/mol. The maximum Gasteiger partial charge on any atom is 0.252 e. The Morgan fingerprint density at radius 3 is 1.05 bits per heavy atom. The maximum atomic E-state index is 10.3. The van der Waals surface area contributed by atoms with Crippen LogP contribution in [0.1, 0.15) is 151 Å². The molecule has 0 radical (unpaired) electrons. The van der Waals surface area contributed by atoms with Crippen molar-refractivity contribution in [2.45, 2.75) is 134 Å². The van der Waals surface area contributed by atoms with E-state index in [-0.39, 0.29) is 52.6 Å². The summed E-state index contributed by atoms with van der Waals surface area (Å²) in [5.41, 5.74) is 15.4. The molecule has 15 aromatic rings. The highest BCUT2D eigenvalue weighted by Gasteiger charge is 2.47. The zero-order chi connectivity index (χ0) is 85.9. The summed E-state index contributed by atoms with van der Waals surface area (Å²) in [6.45, 7) is 29.4. The Morgan fingerprint density at radius 2 is 0.670 bits per heavy atom. The molecule has 0 fully saturated rings. The smallest absolute Gasteiger partial charge is 0.252 e. The molecule has 4 nitrogen and oxygen atoms in total. The SMILES string of the molecule is [2H]c1c([2H])c([2H])c2c(c1[2H])c1cc(C(C)(C)C)ccc1n2-c1ccc2c(c1)N(c1c(-c3ccccc3)cc(C([2H])([2H])C(C)(C)C)cc1-c1ccccc1)c1cc(C(C)(C)C)cc3c1B2c1ccc(-n2c4ccc(C([2H])([2H])C(C)(C)C)cc4c4c([2H])c([2H])c([2H])c([2H])c42)cc1N3c1c(-c2ccccc2)cc(C([2H])([2H])C(C)(C)C)cc1-c1ccccc1. The van der Waals surface area contributed by atoms with Gasteiger partial charge in [0.2, 0.25) is 0 Å². The van der Waals surface area contributed by atoms with Gasteiger partial charge in [-0.1, -0.05) is 286 Å². The molecular formula is C101H97BN4. The third-order valence-corrected chi connectivity index (χ3v) is 20.6. The standard InChI is InChI=1S/C101H97BN4/c1-97(2,3)62-65-44-50-88-82(52-65)76-40-28-30-42-86(76)103(88)74-46-48-84-90(60-74)105(95-78(68-32-20-16-21-33-68)53-66(63-98(4,5)6)54-79(95)69-34-22-17-23-35-69)92-58-73(101(13,14)15)59-93-94(92)102(84)85-49-47-75(104-87-43-31-29-41-77(87)83-57-72(100(10,11)12)45-51-89(83)104)61-91(85)106(93)96-80(70-36-24-18-25-37-70)55-67(64-99(7,8)9)56-81(96)71-38-26-19-27-39-71/h16-61H,62-64H2,1-15H3/i28D,29D,30D,31D,40D,41D,42D,43D,62D2,63D2,64D2. The highest BCUT2D eigenvalue weighted by Crippen LogP contribution is 2.55. The molecule has 17 rings (SSSR count). The highest BCUT2D eigenvalue weighted by molar-refractivity contribution is 7.00. The van der Waals surface area contributed by atoms with Gasteiger partial charge in [-0.05, 0) is 210 Å². The molecule has 4 heterocycles. The lowest BCUT2D eigenvalue weighted by molar-refractivity contribution is 0.411. The van der Waals surface area contributed by atoms with E-state index in [1.54, 1.807) is 12.1 Å². The predicted molar refractivity (Wildman–Crippen MR) is 458 cm³/mol. The quantitative estimate of drug-likeness (QED) is 0.120. The van der Waals surface area contributed by atoms with E-state index in [1.165, 1.54) is 0 Å². The Kier molecular flexibility index (Phi) is 12.9. The van der Waals surface area contributed by atoms with Gasteiger partial charge in [0.15, 0.2) is 0 Å². The predicted octanol–water partition coefficient (Wildman–Crippen LogP) is 26.0. The van der Waals surface area contributed by atoms with Gasteiger partial charge >= 0.3 is 0 Å². The Labute approximate surface area is 648 Å². The number of hydrogen-bond donors (Lipinski definition) is 0. The van der Waals surface area contributed by atoms with Crippen LogP contribution in [0.25, 0.3) is 99.5 Å². The van der Waals surface area contributed by atoms with E-state index < -0.39 is 59.6 Å². The van der Waals surface area contributed by atoms with Crippen molar-refractivity contribution in [2.24, 2.45) is 16.2 Å². The van der Waals surface area contributed by atoms with E-state index >= 15 is 0 Å². The van der Waals surface area contributed by atoms with Crippen LogP contribution in [0, 0.1) is 16.2 Å². The molecule has 0 spiro atoms. The van der Waals surface area contributed by atoms with E-state index in [2.05, 4.69) is 154 Å². The molecule has 0 aliphatic carbocycles. The van der Waals surface area contributed by atoms with Crippen molar-refractivity contribution >= 4 is 101 Å². The first kappa shape index (κ1) is 53.8. The normalized spacial score (nSPS) is 15.6. The van der Waals surface area contributed by atoms with Crippen LogP contribution in [0.2, 0.25) is 0 Å².